The minimum atomic E-state index is 0.290. The van der Waals surface area contributed by atoms with E-state index in [1.165, 1.54) is 19.3 Å². The van der Waals surface area contributed by atoms with E-state index in [4.69, 9.17) is 0 Å². The molecule has 0 aromatic carbocycles. The maximum absolute atomic E-state index is 12.6. The third-order valence-corrected chi connectivity index (χ3v) is 4.86. The van der Waals surface area contributed by atoms with Gasteiger partial charge in [-0.15, -0.1) is 0 Å². The number of carbonyl (C=O) groups is 1. The highest BCUT2D eigenvalue weighted by Gasteiger charge is 2.30. The van der Waals surface area contributed by atoms with Crippen molar-refractivity contribution >= 4 is 5.78 Å². The fourth-order valence-electron chi connectivity index (χ4n) is 3.50. The standard InChI is InChI=1S/C16H26N2O/c1-5-13-8-6-7-9-14(13)16(19)10-15-11(2)17-18(4)12(15)3/h13-14H,5-10H2,1-4H3. The summed E-state index contributed by atoms with van der Waals surface area (Å²) in [7, 11) is 1.95. The Kier molecular flexibility index (Phi) is 4.43. The van der Waals surface area contributed by atoms with Gasteiger partial charge in [-0.3, -0.25) is 9.48 Å². The minimum absolute atomic E-state index is 0.290. The van der Waals surface area contributed by atoms with Gasteiger partial charge in [0.15, 0.2) is 0 Å². The summed E-state index contributed by atoms with van der Waals surface area (Å²) in [6.07, 6.45) is 6.56. The molecule has 0 spiro atoms. The van der Waals surface area contributed by atoms with Crippen LogP contribution in [0.15, 0.2) is 0 Å². The van der Waals surface area contributed by atoms with Crippen molar-refractivity contribution < 1.29 is 4.79 Å². The lowest BCUT2D eigenvalue weighted by Gasteiger charge is -2.29. The number of hydrogen-bond acceptors (Lipinski definition) is 2. The number of ketones is 1. The molecule has 1 fully saturated rings. The van der Waals surface area contributed by atoms with Crippen molar-refractivity contribution in [1.82, 2.24) is 9.78 Å². The van der Waals surface area contributed by atoms with Gasteiger partial charge in [0.1, 0.15) is 5.78 Å². The van der Waals surface area contributed by atoms with Gasteiger partial charge in [-0.25, -0.2) is 0 Å². The van der Waals surface area contributed by atoms with Crippen molar-refractivity contribution in [2.75, 3.05) is 0 Å². The zero-order chi connectivity index (χ0) is 14.0. The summed E-state index contributed by atoms with van der Waals surface area (Å²) in [4.78, 5) is 12.6. The van der Waals surface area contributed by atoms with Gasteiger partial charge in [-0.1, -0.05) is 26.2 Å². The van der Waals surface area contributed by atoms with Crippen LogP contribution in [0.25, 0.3) is 0 Å². The Balaban J connectivity index is 2.11. The van der Waals surface area contributed by atoms with Crippen molar-refractivity contribution in [3.63, 3.8) is 0 Å². The Hall–Kier alpha value is -1.12. The van der Waals surface area contributed by atoms with Crippen molar-refractivity contribution in [3.8, 4) is 0 Å². The highest BCUT2D eigenvalue weighted by atomic mass is 16.1. The molecule has 2 rings (SSSR count). The molecule has 0 radical (unpaired) electrons. The number of nitrogens with zero attached hydrogens (tertiary/aromatic N) is 2. The van der Waals surface area contributed by atoms with E-state index in [9.17, 15) is 4.79 Å². The summed E-state index contributed by atoms with van der Waals surface area (Å²) in [6.45, 7) is 6.28. The zero-order valence-electron chi connectivity index (χ0n) is 12.7. The predicted octanol–water partition coefficient (Wildman–Crippen LogP) is 3.36. The number of hydrogen-bond donors (Lipinski definition) is 0. The monoisotopic (exact) mass is 262 g/mol. The van der Waals surface area contributed by atoms with Crippen LogP contribution in [-0.2, 0) is 18.3 Å². The molecule has 1 aromatic rings. The van der Waals surface area contributed by atoms with Crippen LogP contribution in [0.3, 0.4) is 0 Å². The lowest BCUT2D eigenvalue weighted by molar-refractivity contribution is -0.125. The predicted molar refractivity (Wildman–Crippen MR) is 77.1 cm³/mol. The second kappa shape index (κ2) is 5.89. The Bertz CT molecular complexity index is 462. The molecule has 2 unspecified atom stereocenters. The maximum atomic E-state index is 12.6. The largest absolute Gasteiger partial charge is 0.299 e. The molecule has 3 nitrogen and oxygen atoms in total. The summed E-state index contributed by atoms with van der Waals surface area (Å²) < 4.78 is 1.89. The average molecular weight is 262 g/mol. The first-order valence-corrected chi connectivity index (χ1v) is 7.56. The van der Waals surface area contributed by atoms with E-state index in [0.717, 1.165) is 29.8 Å². The average Bonchev–Trinajstić information content (AvgIpc) is 2.65. The van der Waals surface area contributed by atoms with Crippen molar-refractivity contribution in [2.24, 2.45) is 18.9 Å². The van der Waals surface area contributed by atoms with Crippen LogP contribution in [0.2, 0.25) is 0 Å². The van der Waals surface area contributed by atoms with Gasteiger partial charge in [-0.05, 0) is 32.6 Å². The molecule has 106 valence electrons. The first-order valence-electron chi connectivity index (χ1n) is 7.56. The van der Waals surface area contributed by atoms with Crippen LogP contribution in [0.5, 0.6) is 0 Å². The second-order valence-electron chi connectivity index (χ2n) is 5.98. The van der Waals surface area contributed by atoms with Gasteiger partial charge in [0, 0.05) is 30.6 Å². The molecule has 0 amide bonds. The van der Waals surface area contributed by atoms with E-state index in [1.54, 1.807) is 0 Å². The normalized spacial score (nSPS) is 23.6. The summed E-state index contributed by atoms with van der Waals surface area (Å²) in [5, 5.41) is 4.41. The van der Waals surface area contributed by atoms with E-state index in [2.05, 4.69) is 18.9 Å². The van der Waals surface area contributed by atoms with Crippen LogP contribution < -0.4 is 0 Å². The summed E-state index contributed by atoms with van der Waals surface area (Å²) in [6, 6.07) is 0. The van der Waals surface area contributed by atoms with E-state index < -0.39 is 0 Å². The highest BCUT2D eigenvalue weighted by molar-refractivity contribution is 5.84. The molecule has 1 saturated carbocycles. The molecule has 0 bridgehead atoms. The quantitative estimate of drug-likeness (QED) is 0.834. The summed E-state index contributed by atoms with van der Waals surface area (Å²) in [5.74, 6) is 1.34. The van der Waals surface area contributed by atoms with Crippen LogP contribution in [0, 0.1) is 25.7 Å². The number of carbonyl (C=O) groups excluding carboxylic acids is 1. The molecule has 19 heavy (non-hydrogen) atoms. The maximum Gasteiger partial charge on any atom is 0.140 e. The molecular formula is C16H26N2O. The van der Waals surface area contributed by atoms with E-state index in [1.807, 2.05) is 18.7 Å². The van der Waals surface area contributed by atoms with Crippen LogP contribution in [-0.4, -0.2) is 15.6 Å². The smallest absolute Gasteiger partial charge is 0.140 e. The van der Waals surface area contributed by atoms with Crippen molar-refractivity contribution in [2.45, 2.75) is 59.3 Å². The Morgan fingerprint density at radius 1 is 1.32 bits per heavy atom. The fourth-order valence-corrected chi connectivity index (χ4v) is 3.50. The van der Waals surface area contributed by atoms with Crippen molar-refractivity contribution in [3.05, 3.63) is 17.0 Å². The Morgan fingerprint density at radius 3 is 2.58 bits per heavy atom. The minimum Gasteiger partial charge on any atom is -0.299 e. The Labute approximate surface area is 116 Å². The van der Waals surface area contributed by atoms with Crippen molar-refractivity contribution in [1.29, 1.82) is 0 Å². The first-order chi connectivity index (χ1) is 9.04. The molecule has 0 N–H and O–H groups in total. The summed E-state index contributed by atoms with van der Waals surface area (Å²) in [5.41, 5.74) is 3.29. The van der Waals surface area contributed by atoms with Crippen LogP contribution in [0.1, 0.15) is 56.0 Å². The molecule has 2 atom stereocenters. The molecular weight excluding hydrogens is 236 g/mol. The van der Waals surface area contributed by atoms with Crippen LogP contribution in [0.4, 0.5) is 0 Å². The van der Waals surface area contributed by atoms with Crippen LogP contribution >= 0.6 is 0 Å². The third kappa shape index (κ3) is 2.90. The molecule has 1 aliphatic carbocycles. The van der Waals surface area contributed by atoms with Gasteiger partial charge in [0.25, 0.3) is 0 Å². The molecule has 0 saturated heterocycles. The van der Waals surface area contributed by atoms with Gasteiger partial charge in [0.05, 0.1) is 5.69 Å². The zero-order valence-corrected chi connectivity index (χ0v) is 12.7. The van der Waals surface area contributed by atoms with E-state index in [0.29, 0.717) is 18.1 Å². The van der Waals surface area contributed by atoms with Gasteiger partial charge < -0.3 is 0 Å². The van der Waals surface area contributed by atoms with Gasteiger partial charge >= 0.3 is 0 Å². The lowest BCUT2D eigenvalue weighted by atomic mass is 9.74. The fraction of sp³-hybridized carbons (Fsp3) is 0.750. The molecule has 1 aromatic heterocycles. The second-order valence-corrected chi connectivity index (χ2v) is 5.98. The number of aromatic nitrogens is 2. The molecule has 1 heterocycles. The van der Waals surface area contributed by atoms with E-state index in [-0.39, 0.29) is 5.92 Å². The molecule has 0 aliphatic heterocycles. The Morgan fingerprint density at radius 2 is 2.00 bits per heavy atom. The SMILES string of the molecule is CCC1CCCCC1C(=O)Cc1c(C)nn(C)c1C. The number of rotatable bonds is 4. The lowest BCUT2D eigenvalue weighted by Crippen LogP contribution is -2.28. The topological polar surface area (TPSA) is 34.9 Å². The van der Waals surface area contributed by atoms with E-state index >= 15 is 0 Å². The van der Waals surface area contributed by atoms with Gasteiger partial charge in [-0.2, -0.15) is 5.10 Å². The molecule has 3 heteroatoms. The molecule has 1 aliphatic rings. The first kappa shape index (κ1) is 14.3. The number of aryl methyl sites for hydroxylation is 2. The highest BCUT2D eigenvalue weighted by Crippen LogP contribution is 2.33. The summed E-state index contributed by atoms with van der Waals surface area (Å²) >= 11 is 0. The van der Waals surface area contributed by atoms with Gasteiger partial charge in [0.2, 0.25) is 0 Å². The third-order valence-electron chi connectivity index (χ3n) is 4.86. The number of Topliss-reactive ketones (excluding diaryl/α,β-unsaturated/α-hetero) is 1.